The normalized spacial score (nSPS) is 11.8. The fourth-order valence-corrected chi connectivity index (χ4v) is 3.06. The fourth-order valence-electron chi connectivity index (χ4n) is 2.14. The van der Waals surface area contributed by atoms with Crippen LogP contribution in [0.1, 0.15) is 38.1 Å². The number of aliphatic carboxylic acids is 1. The van der Waals surface area contributed by atoms with E-state index in [1.807, 2.05) is 36.7 Å². The topological polar surface area (TPSA) is 83.7 Å². The van der Waals surface area contributed by atoms with Gasteiger partial charge in [-0.3, -0.25) is 14.0 Å². The maximum Gasteiger partial charge on any atom is 0.303 e. The molecule has 0 aliphatic rings. The summed E-state index contributed by atoms with van der Waals surface area (Å²) in [6.45, 7) is 5.58. The third kappa shape index (κ3) is 4.04. The van der Waals surface area contributed by atoms with Gasteiger partial charge in [-0.15, -0.1) is 11.3 Å². The summed E-state index contributed by atoms with van der Waals surface area (Å²) in [7, 11) is 0. The number of aromatic nitrogens is 2. The molecule has 2 heterocycles. The van der Waals surface area contributed by atoms with Crippen molar-refractivity contribution in [3.05, 3.63) is 23.0 Å². The maximum atomic E-state index is 12.1. The molecule has 0 aliphatic heterocycles. The Morgan fingerprint density at radius 3 is 2.86 bits per heavy atom. The van der Waals surface area contributed by atoms with Gasteiger partial charge in [-0.2, -0.15) is 0 Å². The number of hydrogen-bond donors (Lipinski definition) is 2. The average molecular weight is 309 g/mol. The third-order valence-corrected chi connectivity index (χ3v) is 4.08. The van der Waals surface area contributed by atoms with Crippen LogP contribution in [0.25, 0.3) is 4.96 Å². The highest BCUT2D eigenvalue weighted by molar-refractivity contribution is 7.15. The predicted molar refractivity (Wildman–Crippen MR) is 80.6 cm³/mol. The van der Waals surface area contributed by atoms with Gasteiger partial charge < -0.3 is 10.4 Å². The molecular weight excluding hydrogens is 290 g/mol. The Morgan fingerprint density at radius 1 is 1.48 bits per heavy atom. The highest BCUT2D eigenvalue weighted by atomic mass is 32.1. The van der Waals surface area contributed by atoms with Crippen molar-refractivity contribution in [3.8, 4) is 0 Å². The van der Waals surface area contributed by atoms with Crippen LogP contribution in [0.15, 0.2) is 11.6 Å². The molecule has 2 rings (SSSR count). The molecule has 0 saturated heterocycles. The van der Waals surface area contributed by atoms with Crippen LogP contribution in [0, 0.1) is 6.92 Å². The molecule has 0 aliphatic carbocycles. The van der Waals surface area contributed by atoms with Gasteiger partial charge in [-0.25, -0.2) is 4.98 Å². The first-order valence-electron chi connectivity index (χ1n) is 6.72. The van der Waals surface area contributed by atoms with Gasteiger partial charge in [-0.05, 0) is 27.2 Å². The fraction of sp³-hybridized carbons (Fsp3) is 0.500. The number of aryl methyl sites for hydroxylation is 1. The van der Waals surface area contributed by atoms with Crippen molar-refractivity contribution in [1.29, 1.82) is 0 Å². The number of nitrogens with zero attached hydrogens (tertiary/aromatic N) is 2. The van der Waals surface area contributed by atoms with Gasteiger partial charge in [0.1, 0.15) is 0 Å². The highest BCUT2D eigenvalue weighted by Crippen LogP contribution is 2.18. The zero-order valence-electron chi connectivity index (χ0n) is 12.3. The summed E-state index contributed by atoms with van der Waals surface area (Å²) in [5, 5.41) is 13.5. The number of carboxylic acid groups (broad SMARTS) is 1. The summed E-state index contributed by atoms with van der Waals surface area (Å²) >= 11 is 1.50. The first kappa shape index (κ1) is 15.5. The zero-order chi connectivity index (χ0) is 15.6. The van der Waals surface area contributed by atoms with Crippen molar-refractivity contribution in [2.45, 2.75) is 45.6 Å². The number of carbonyl (C=O) groups excluding carboxylic acids is 1. The molecule has 1 amide bonds. The molecule has 0 saturated carbocycles. The molecule has 2 N–H and O–H groups in total. The summed E-state index contributed by atoms with van der Waals surface area (Å²) in [5.41, 5.74) is 1.28. The Morgan fingerprint density at radius 2 is 2.19 bits per heavy atom. The molecule has 0 spiro atoms. The van der Waals surface area contributed by atoms with E-state index in [0.29, 0.717) is 6.42 Å². The lowest BCUT2D eigenvalue weighted by Crippen LogP contribution is -2.44. The second-order valence-electron chi connectivity index (χ2n) is 5.76. The van der Waals surface area contributed by atoms with Gasteiger partial charge in [-0.1, -0.05) is 0 Å². The molecule has 21 heavy (non-hydrogen) atoms. The molecule has 2 aromatic heterocycles. The maximum absolute atomic E-state index is 12.1. The number of fused-ring (bicyclic) bond motifs is 1. The molecule has 0 aromatic carbocycles. The Balaban J connectivity index is 1.99. The van der Waals surface area contributed by atoms with Crippen LogP contribution in [0.4, 0.5) is 0 Å². The lowest BCUT2D eigenvalue weighted by atomic mass is 9.98. The lowest BCUT2D eigenvalue weighted by molar-refractivity contribution is -0.137. The van der Waals surface area contributed by atoms with Crippen molar-refractivity contribution in [2.24, 2.45) is 0 Å². The van der Waals surface area contributed by atoms with Crippen LogP contribution in [-0.4, -0.2) is 31.9 Å². The van der Waals surface area contributed by atoms with E-state index in [9.17, 15) is 9.59 Å². The van der Waals surface area contributed by atoms with E-state index in [2.05, 4.69) is 10.3 Å². The van der Waals surface area contributed by atoms with Crippen molar-refractivity contribution in [1.82, 2.24) is 14.7 Å². The van der Waals surface area contributed by atoms with Gasteiger partial charge in [0.2, 0.25) is 5.91 Å². The average Bonchev–Trinajstić information content (AvgIpc) is 2.87. The number of thiazole rings is 1. The Bertz CT molecular complexity index is 672. The van der Waals surface area contributed by atoms with Crippen molar-refractivity contribution in [3.63, 3.8) is 0 Å². The quantitative estimate of drug-likeness (QED) is 0.855. The van der Waals surface area contributed by atoms with Gasteiger partial charge in [0.05, 0.1) is 12.1 Å². The number of amides is 1. The lowest BCUT2D eigenvalue weighted by Gasteiger charge is -2.25. The van der Waals surface area contributed by atoms with Crippen LogP contribution in [0.5, 0.6) is 0 Å². The van der Waals surface area contributed by atoms with E-state index in [-0.39, 0.29) is 18.7 Å². The number of imidazole rings is 1. The molecule has 0 fully saturated rings. The summed E-state index contributed by atoms with van der Waals surface area (Å²) in [4.78, 5) is 28.0. The third-order valence-electron chi connectivity index (χ3n) is 3.19. The molecule has 114 valence electrons. The van der Waals surface area contributed by atoms with Crippen LogP contribution >= 0.6 is 11.3 Å². The largest absolute Gasteiger partial charge is 0.481 e. The molecule has 6 nitrogen and oxygen atoms in total. The number of nitrogens with one attached hydrogen (secondary N) is 1. The van der Waals surface area contributed by atoms with Crippen molar-refractivity contribution in [2.75, 3.05) is 0 Å². The van der Waals surface area contributed by atoms with Crippen molar-refractivity contribution >= 4 is 28.2 Å². The highest BCUT2D eigenvalue weighted by Gasteiger charge is 2.22. The van der Waals surface area contributed by atoms with Crippen molar-refractivity contribution < 1.29 is 14.7 Å². The molecule has 2 aromatic rings. The SMILES string of the molecule is Cc1cn2c(CC(=O)NC(C)(C)CCC(=O)O)csc2n1. The number of carbonyl (C=O) groups is 2. The molecule has 0 unspecified atom stereocenters. The van der Waals surface area contributed by atoms with Crippen LogP contribution in [0.3, 0.4) is 0 Å². The minimum Gasteiger partial charge on any atom is -0.481 e. The second-order valence-corrected chi connectivity index (χ2v) is 6.60. The van der Waals surface area contributed by atoms with E-state index in [1.54, 1.807) is 0 Å². The smallest absolute Gasteiger partial charge is 0.303 e. The molecular formula is C14H19N3O3S. The van der Waals surface area contributed by atoms with Gasteiger partial charge in [0.15, 0.2) is 4.96 Å². The summed E-state index contributed by atoms with van der Waals surface area (Å²) < 4.78 is 1.92. The summed E-state index contributed by atoms with van der Waals surface area (Å²) in [6.07, 6.45) is 2.60. The van der Waals surface area contributed by atoms with Gasteiger partial charge >= 0.3 is 5.97 Å². The zero-order valence-corrected chi connectivity index (χ0v) is 13.2. The first-order valence-corrected chi connectivity index (χ1v) is 7.60. The van der Waals surface area contributed by atoms with Crippen LogP contribution in [0.2, 0.25) is 0 Å². The molecule has 0 bridgehead atoms. The Labute approximate surface area is 126 Å². The van der Waals surface area contributed by atoms with E-state index in [0.717, 1.165) is 16.3 Å². The standard InChI is InChI=1S/C14H19N3O3S/c1-9-7-17-10(8-21-13(17)15-9)6-11(18)16-14(2,3)5-4-12(19)20/h7-8H,4-6H2,1-3H3,(H,16,18)(H,19,20). The van der Waals surface area contributed by atoms with Crippen LogP contribution < -0.4 is 5.32 Å². The monoisotopic (exact) mass is 309 g/mol. The predicted octanol–water partition coefficient (Wildman–Crippen LogP) is 2.01. The Kier molecular flexibility index (Phi) is 4.32. The van der Waals surface area contributed by atoms with E-state index in [1.165, 1.54) is 11.3 Å². The molecule has 0 radical (unpaired) electrons. The van der Waals surface area contributed by atoms with E-state index in [4.69, 9.17) is 5.11 Å². The molecule has 0 atom stereocenters. The number of rotatable bonds is 6. The Hall–Kier alpha value is -1.89. The minimum absolute atomic E-state index is 0.0384. The van der Waals surface area contributed by atoms with Crippen LogP contribution in [-0.2, 0) is 16.0 Å². The summed E-state index contributed by atoms with van der Waals surface area (Å²) in [5.74, 6) is -0.970. The second kappa shape index (κ2) is 5.85. The van der Waals surface area contributed by atoms with Gasteiger partial charge in [0.25, 0.3) is 0 Å². The molecule has 7 heteroatoms. The summed E-state index contributed by atoms with van der Waals surface area (Å²) in [6, 6.07) is 0. The first-order chi connectivity index (χ1) is 9.77. The van der Waals surface area contributed by atoms with E-state index >= 15 is 0 Å². The minimum atomic E-state index is -0.856. The number of hydrogen-bond acceptors (Lipinski definition) is 4. The number of carboxylic acids is 1. The van der Waals surface area contributed by atoms with E-state index < -0.39 is 11.5 Å². The van der Waals surface area contributed by atoms with Gasteiger partial charge in [0, 0.05) is 29.2 Å².